The second-order valence-electron chi connectivity index (χ2n) is 4.44. The number of nitrogens with zero attached hydrogens (tertiary/aromatic N) is 1. The third kappa shape index (κ3) is 3.48. The third-order valence-corrected chi connectivity index (χ3v) is 3.34. The maximum atomic E-state index is 11.8. The molecule has 1 aliphatic heterocycles. The molecule has 0 bridgehead atoms. The lowest BCUT2D eigenvalue weighted by Crippen LogP contribution is -2.47. The van der Waals surface area contributed by atoms with Crippen LogP contribution < -0.4 is 5.32 Å². The van der Waals surface area contributed by atoms with E-state index in [2.05, 4.69) is 22.1 Å². The first-order valence-electron chi connectivity index (χ1n) is 6.10. The number of hydrogen-bond donors (Lipinski definition) is 2. The number of aromatic amines is 1. The average Bonchev–Trinajstić information content (AvgIpc) is 2.83. The molecular formula is C12H18ClN3O2. The number of H-pyrrole nitrogens is 1. The Kier molecular flexibility index (Phi) is 4.63. The lowest BCUT2D eigenvalue weighted by molar-refractivity contribution is 0.0204. The molecule has 1 amide bonds. The summed E-state index contributed by atoms with van der Waals surface area (Å²) in [5.41, 5.74) is 0.495. The number of hydrogen-bond acceptors (Lipinski definition) is 3. The zero-order valence-electron chi connectivity index (χ0n) is 10.4. The van der Waals surface area contributed by atoms with Crippen LogP contribution in [0.2, 0.25) is 5.02 Å². The third-order valence-electron chi connectivity index (χ3n) is 3.12. The van der Waals surface area contributed by atoms with E-state index in [1.54, 1.807) is 12.3 Å². The fourth-order valence-electron chi connectivity index (χ4n) is 1.98. The van der Waals surface area contributed by atoms with E-state index < -0.39 is 0 Å². The molecule has 1 aromatic rings. The standard InChI is InChI=1S/C12H18ClN3O2/c1-9(16-2-4-18-5-3-16)7-15-12(17)11-6-10(13)8-14-11/h6,8-9,14H,2-5,7H2,1H3,(H,15,17)/t9-/m1/s1. The van der Waals surface area contributed by atoms with Gasteiger partial charge in [-0.3, -0.25) is 9.69 Å². The van der Waals surface area contributed by atoms with Gasteiger partial charge < -0.3 is 15.0 Å². The van der Waals surface area contributed by atoms with Crippen molar-refractivity contribution >= 4 is 17.5 Å². The number of ether oxygens (including phenoxy) is 1. The minimum absolute atomic E-state index is 0.123. The topological polar surface area (TPSA) is 57.4 Å². The van der Waals surface area contributed by atoms with E-state index >= 15 is 0 Å². The molecule has 0 aromatic carbocycles. The van der Waals surface area contributed by atoms with Crippen molar-refractivity contribution in [2.45, 2.75) is 13.0 Å². The van der Waals surface area contributed by atoms with Gasteiger partial charge in [0.25, 0.3) is 5.91 Å². The summed E-state index contributed by atoms with van der Waals surface area (Å²) in [6, 6.07) is 1.93. The van der Waals surface area contributed by atoms with Crippen LogP contribution in [0.3, 0.4) is 0 Å². The van der Waals surface area contributed by atoms with Gasteiger partial charge in [0.05, 0.1) is 18.2 Å². The second-order valence-corrected chi connectivity index (χ2v) is 4.88. The maximum Gasteiger partial charge on any atom is 0.267 e. The van der Waals surface area contributed by atoms with E-state index in [0.29, 0.717) is 23.3 Å². The summed E-state index contributed by atoms with van der Waals surface area (Å²) >= 11 is 5.76. The molecule has 0 aliphatic carbocycles. The Bertz CT molecular complexity index is 402. The summed E-state index contributed by atoms with van der Waals surface area (Å²) in [4.78, 5) is 16.9. The van der Waals surface area contributed by atoms with Crippen molar-refractivity contribution in [3.63, 3.8) is 0 Å². The highest BCUT2D eigenvalue weighted by Crippen LogP contribution is 2.09. The van der Waals surface area contributed by atoms with Crippen molar-refractivity contribution < 1.29 is 9.53 Å². The monoisotopic (exact) mass is 271 g/mol. The van der Waals surface area contributed by atoms with E-state index in [-0.39, 0.29) is 5.91 Å². The molecule has 2 N–H and O–H groups in total. The SMILES string of the molecule is C[C@H](CNC(=O)c1cc(Cl)c[nH]1)N1CCOCC1. The van der Waals surface area contributed by atoms with Gasteiger partial charge in [0.1, 0.15) is 5.69 Å². The molecule has 100 valence electrons. The molecule has 1 atom stereocenters. The van der Waals surface area contributed by atoms with Crippen molar-refractivity contribution in [2.75, 3.05) is 32.8 Å². The van der Waals surface area contributed by atoms with Crippen molar-refractivity contribution in [3.05, 3.63) is 23.0 Å². The van der Waals surface area contributed by atoms with Crippen LogP contribution in [0.25, 0.3) is 0 Å². The Morgan fingerprint density at radius 3 is 2.94 bits per heavy atom. The Morgan fingerprint density at radius 2 is 2.33 bits per heavy atom. The van der Waals surface area contributed by atoms with Gasteiger partial charge in [-0.25, -0.2) is 0 Å². The van der Waals surface area contributed by atoms with Crippen LogP contribution in [0.4, 0.5) is 0 Å². The highest BCUT2D eigenvalue weighted by molar-refractivity contribution is 6.30. The minimum Gasteiger partial charge on any atom is -0.379 e. The number of halogens is 1. The largest absolute Gasteiger partial charge is 0.379 e. The van der Waals surface area contributed by atoms with Crippen LogP contribution in [0.15, 0.2) is 12.3 Å². The highest BCUT2D eigenvalue weighted by atomic mass is 35.5. The zero-order chi connectivity index (χ0) is 13.0. The van der Waals surface area contributed by atoms with Crippen LogP contribution in [-0.2, 0) is 4.74 Å². The maximum absolute atomic E-state index is 11.8. The molecular weight excluding hydrogens is 254 g/mol. The van der Waals surface area contributed by atoms with Gasteiger partial charge in [-0.15, -0.1) is 0 Å². The molecule has 0 saturated carbocycles. The van der Waals surface area contributed by atoms with Gasteiger partial charge in [0.2, 0.25) is 0 Å². The van der Waals surface area contributed by atoms with Crippen LogP contribution in [0.5, 0.6) is 0 Å². The van der Waals surface area contributed by atoms with Crippen molar-refractivity contribution in [1.82, 2.24) is 15.2 Å². The molecule has 1 saturated heterocycles. The van der Waals surface area contributed by atoms with E-state index in [0.717, 1.165) is 26.3 Å². The Labute approximate surface area is 111 Å². The van der Waals surface area contributed by atoms with Gasteiger partial charge in [-0.1, -0.05) is 11.6 Å². The first-order chi connectivity index (χ1) is 8.66. The molecule has 1 aliphatic rings. The van der Waals surface area contributed by atoms with E-state index in [1.807, 2.05) is 0 Å². The first-order valence-corrected chi connectivity index (χ1v) is 6.48. The van der Waals surface area contributed by atoms with Crippen molar-refractivity contribution in [3.8, 4) is 0 Å². The summed E-state index contributed by atoms with van der Waals surface area (Å²) in [6.07, 6.45) is 1.60. The predicted octanol–water partition coefficient (Wildman–Crippen LogP) is 1.12. The van der Waals surface area contributed by atoms with E-state index in [4.69, 9.17) is 16.3 Å². The number of amides is 1. The number of nitrogens with one attached hydrogen (secondary N) is 2. The fraction of sp³-hybridized carbons (Fsp3) is 0.583. The van der Waals surface area contributed by atoms with Crippen molar-refractivity contribution in [2.24, 2.45) is 0 Å². The molecule has 18 heavy (non-hydrogen) atoms. The van der Waals surface area contributed by atoms with Gasteiger partial charge >= 0.3 is 0 Å². The van der Waals surface area contributed by atoms with Gasteiger partial charge in [0.15, 0.2) is 0 Å². The lowest BCUT2D eigenvalue weighted by atomic mass is 10.2. The zero-order valence-corrected chi connectivity index (χ0v) is 11.2. The number of carbonyl (C=O) groups excluding carboxylic acids is 1. The molecule has 2 heterocycles. The van der Waals surface area contributed by atoms with Crippen LogP contribution in [0, 0.1) is 0 Å². The molecule has 1 fully saturated rings. The number of carbonyl (C=O) groups is 1. The van der Waals surface area contributed by atoms with Gasteiger partial charge in [-0.05, 0) is 13.0 Å². The summed E-state index contributed by atoms with van der Waals surface area (Å²) in [5.74, 6) is -0.123. The fourth-order valence-corrected chi connectivity index (χ4v) is 2.15. The molecule has 0 radical (unpaired) electrons. The second kappa shape index (κ2) is 6.22. The Morgan fingerprint density at radius 1 is 1.61 bits per heavy atom. The smallest absolute Gasteiger partial charge is 0.267 e. The molecule has 0 unspecified atom stereocenters. The Hall–Kier alpha value is -1.04. The Balaban J connectivity index is 1.78. The normalized spacial score (nSPS) is 18.6. The van der Waals surface area contributed by atoms with Crippen LogP contribution in [0.1, 0.15) is 17.4 Å². The number of morpholine rings is 1. The molecule has 6 heteroatoms. The molecule has 1 aromatic heterocycles. The number of aromatic nitrogens is 1. The minimum atomic E-state index is -0.123. The molecule has 5 nitrogen and oxygen atoms in total. The summed E-state index contributed by atoms with van der Waals surface area (Å²) in [7, 11) is 0. The quantitative estimate of drug-likeness (QED) is 0.863. The molecule has 2 rings (SSSR count). The summed E-state index contributed by atoms with van der Waals surface area (Å²) < 4.78 is 5.30. The van der Waals surface area contributed by atoms with E-state index in [1.165, 1.54) is 0 Å². The summed E-state index contributed by atoms with van der Waals surface area (Å²) in [6.45, 7) is 6.11. The van der Waals surface area contributed by atoms with Crippen LogP contribution in [-0.4, -0.2) is 54.7 Å². The molecule has 0 spiro atoms. The average molecular weight is 272 g/mol. The van der Waals surface area contributed by atoms with Gasteiger partial charge in [-0.2, -0.15) is 0 Å². The highest BCUT2D eigenvalue weighted by Gasteiger charge is 2.18. The first kappa shape index (κ1) is 13.4. The predicted molar refractivity (Wildman–Crippen MR) is 70.0 cm³/mol. The van der Waals surface area contributed by atoms with E-state index in [9.17, 15) is 4.79 Å². The van der Waals surface area contributed by atoms with Gasteiger partial charge in [0, 0.05) is 31.9 Å². The van der Waals surface area contributed by atoms with Crippen molar-refractivity contribution in [1.29, 1.82) is 0 Å². The number of rotatable bonds is 4. The lowest BCUT2D eigenvalue weighted by Gasteiger charge is -2.32. The van der Waals surface area contributed by atoms with Crippen LogP contribution >= 0.6 is 11.6 Å². The summed E-state index contributed by atoms with van der Waals surface area (Å²) in [5, 5.41) is 3.44.